The second-order valence-electron chi connectivity index (χ2n) is 11.1. The Morgan fingerprint density at radius 2 is 2.08 bits per heavy atom. The van der Waals surface area contributed by atoms with Crippen LogP contribution in [0.4, 0.5) is 11.4 Å². The topological polar surface area (TPSA) is 109 Å². The van der Waals surface area contributed by atoms with Gasteiger partial charge in [-0.1, -0.05) is 18.9 Å². The first kappa shape index (κ1) is 28.1. The Hall–Kier alpha value is -3.47. The molecule has 1 aromatic rings. The lowest BCUT2D eigenvalue weighted by molar-refractivity contribution is -0.134. The molecule has 5 rings (SSSR count). The Kier molecular flexibility index (Phi) is 7.85. The summed E-state index contributed by atoms with van der Waals surface area (Å²) in [5.74, 6) is 1.40. The molecular weight excluding hydrogens is 524 g/mol. The molecule has 3 amide bonds. The molecule has 1 aromatic carbocycles. The van der Waals surface area contributed by atoms with Gasteiger partial charge in [-0.25, -0.2) is 0 Å². The summed E-state index contributed by atoms with van der Waals surface area (Å²) >= 11 is 1.54. The van der Waals surface area contributed by atoms with Crippen molar-refractivity contribution in [3.05, 3.63) is 36.0 Å². The number of likely N-dealkylation sites (N-methyl/N-ethyl adjacent to an activating group) is 1. The number of carbonyl (C=O) groups excluding carboxylic acids is 3. The molecule has 0 aromatic heterocycles. The zero-order valence-electron chi connectivity index (χ0n) is 23.2. The summed E-state index contributed by atoms with van der Waals surface area (Å²) < 4.78 is 0. The number of rotatable bonds is 8. The quantitative estimate of drug-likeness (QED) is 0.471. The molecule has 4 fully saturated rings. The summed E-state index contributed by atoms with van der Waals surface area (Å²) in [6, 6.07) is 9.91. The van der Waals surface area contributed by atoms with E-state index in [1.165, 1.54) is 0 Å². The number of amides is 3. The van der Waals surface area contributed by atoms with Crippen LogP contribution in [0.1, 0.15) is 26.7 Å². The minimum absolute atomic E-state index is 0.0435. The normalized spacial score (nSPS) is 30.3. The number of carbonyl (C=O) groups is 3. The SMILES string of the molecule is C#CCNC(=O)C1C(C#N)C12SC1/C(=C/Nc3cccc(N(C)C(=O)CN4CCC(C)CC4)c3)C1C(=O)N2CC. The number of anilines is 2. The maximum Gasteiger partial charge on any atom is 0.240 e. The first-order valence-electron chi connectivity index (χ1n) is 13.9. The Morgan fingerprint density at radius 1 is 1.32 bits per heavy atom. The Balaban J connectivity index is 1.25. The van der Waals surface area contributed by atoms with Crippen molar-refractivity contribution in [2.45, 2.75) is 36.8 Å². The maximum atomic E-state index is 13.4. The van der Waals surface area contributed by atoms with Gasteiger partial charge in [-0.15, -0.1) is 18.2 Å². The number of hydrogen-bond acceptors (Lipinski definition) is 7. The van der Waals surface area contributed by atoms with Gasteiger partial charge in [0, 0.05) is 36.4 Å². The first-order chi connectivity index (χ1) is 19.3. The second kappa shape index (κ2) is 11.2. The van der Waals surface area contributed by atoms with Gasteiger partial charge in [-0.2, -0.15) is 5.26 Å². The van der Waals surface area contributed by atoms with Crippen molar-refractivity contribution >= 4 is 40.9 Å². The van der Waals surface area contributed by atoms with Crippen molar-refractivity contribution in [1.29, 1.82) is 5.26 Å². The van der Waals surface area contributed by atoms with Crippen LogP contribution in [0.3, 0.4) is 0 Å². The lowest BCUT2D eigenvalue weighted by atomic mass is 9.99. The van der Waals surface area contributed by atoms with Gasteiger partial charge in [0.2, 0.25) is 17.7 Å². The fourth-order valence-corrected chi connectivity index (χ4v) is 8.16. The highest BCUT2D eigenvalue weighted by Gasteiger charge is 2.79. The maximum absolute atomic E-state index is 13.4. The zero-order chi connectivity index (χ0) is 28.6. The molecule has 2 heterocycles. The lowest BCUT2D eigenvalue weighted by Crippen LogP contribution is -2.48. The predicted octanol–water partition coefficient (Wildman–Crippen LogP) is 2.49. The van der Waals surface area contributed by atoms with Crippen LogP contribution in [0.15, 0.2) is 36.0 Å². The number of hydrogen-bond donors (Lipinski definition) is 2. The van der Waals surface area contributed by atoms with Crippen LogP contribution in [0.25, 0.3) is 0 Å². The highest BCUT2D eigenvalue weighted by molar-refractivity contribution is 8.02. The minimum atomic E-state index is -0.856. The molecule has 1 spiro atoms. The molecule has 0 radical (unpaired) electrons. The molecule has 2 saturated heterocycles. The summed E-state index contributed by atoms with van der Waals surface area (Å²) in [4.78, 5) is 43.9. The molecule has 40 heavy (non-hydrogen) atoms. The molecule has 4 aliphatic rings. The minimum Gasteiger partial charge on any atom is -0.362 e. The van der Waals surface area contributed by atoms with Crippen LogP contribution in [0.2, 0.25) is 0 Å². The van der Waals surface area contributed by atoms with Gasteiger partial charge < -0.3 is 20.4 Å². The molecule has 9 nitrogen and oxygen atoms in total. The molecule has 2 saturated carbocycles. The number of fused-ring (bicyclic) bond motifs is 1. The molecule has 210 valence electrons. The fourth-order valence-electron chi connectivity index (χ4n) is 6.07. The lowest BCUT2D eigenvalue weighted by Gasteiger charge is -2.35. The molecule has 5 unspecified atom stereocenters. The van der Waals surface area contributed by atoms with Gasteiger partial charge in [-0.05, 0) is 62.5 Å². The van der Waals surface area contributed by atoms with Gasteiger partial charge >= 0.3 is 0 Å². The van der Waals surface area contributed by atoms with E-state index in [1.807, 2.05) is 37.4 Å². The summed E-state index contributed by atoms with van der Waals surface area (Å²) in [6.07, 6.45) is 9.40. The number of nitrogens with zero attached hydrogens (tertiary/aromatic N) is 4. The summed E-state index contributed by atoms with van der Waals surface area (Å²) in [5, 5.41) is 15.7. The third-order valence-corrected chi connectivity index (χ3v) is 10.5. The molecule has 10 heteroatoms. The van der Waals surface area contributed by atoms with Crippen molar-refractivity contribution in [1.82, 2.24) is 15.1 Å². The molecule has 2 aliphatic heterocycles. The molecule has 5 atom stereocenters. The third-order valence-electron chi connectivity index (χ3n) is 8.62. The average Bonchev–Trinajstić information content (AvgIpc) is 3.84. The average molecular weight is 561 g/mol. The smallest absolute Gasteiger partial charge is 0.240 e. The van der Waals surface area contributed by atoms with E-state index in [0.29, 0.717) is 13.1 Å². The summed E-state index contributed by atoms with van der Waals surface area (Å²) in [5.41, 5.74) is 2.56. The Morgan fingerprint density at radius 3 is 2.75 bits per heavy atom. The second-order valence-corrected chi connectivity index (χ2v) is 12.5. The largest absolute Gasteiger partial charge is 0.362 e. The van der Waals surface area contributed by atoms with Gasteiger partial charge in [0.25, 0.3) is 0 Å². The Bertz CT molecular complexity index is 1310. The summed E-state index contributed by atoms with van der Waals surface area (Å²) in [7, 11) is 1.80. The monoisotopic (exact) mass is 560 g/mol. The fraction of sp³-hybridized carbons (Fsp3) is 0.533. The number of piperidine rings is 1. The predicted molar refractivity (Wildman–Crippen MR) is 156 cm³/mol. The van der Waals surface area contributed by atoms with E-state index >= 15 is 0 Å². The number of thioether (sulfide) groups is 1. The third kappa shape index (κ3) is 4.95. The van der Waals surface area contributed by atoms with Crippen molar-refractivity contribution in [3.63, 3.8) is 0 Å². The van der Waals surface area contributed by atoms with E-state index in [1.54, 1.807) is 28.6 Å². The zero-order valence-corrected chi connectivity index (χ0v) is 24.0. The van der Waals surface area contributed by atoms with E-state index in [0.717, 1.165) is 48.8 Å². The molecular formula is C30H36N6O3S. The van der Waals surface area contributed by atoms with Crippen LogP contribution in [-0.2, 0) is 14.4 Å². The van der Waals surface area contributed by atoms with Crippen LogP contribution in [-0.4, -0.2) is 77.4 Å². The van der Waals surface area contributed by atoms with Crippen LogP contribution < -0.4 is 15.5 Å². The number of terminal acetylenes is 1. The van der Waals surface area contributed by atoms with Gasteiger partial charge in [-0.3, -0.25) is 19.3 Å². The van der Waals surface area contributed by atoms with E-state index < -0.39 is 16.7 Å². The van der Waals surface area contributed by atoms with Crippen molar-refractivity contribution in [3.8, 4) is 18.4 Å². The van der Waals surface area contributed by atoms with Crippen molar-refractivity contribution in [2.24, 2.45) is 23.7 Å². The van der Waals surface area contributed by atoms with Gasteiger partial charge in [0.05, 0.1) is 36.9 Å². The van der Waals surface area contributed by atoms with E-state index in [9.17, 15) is 19.6 Å². The van der Waals surface area contributed by atoms with Gasteiger partial charge in [0.15, 0.2) is 0 Å². The van der Waals surface area contributed by atoms with Crippen LogP contribution >= 0.6 is 11.8 Å². The van der Waals surface area contributed by atoms with Crippen LogP contribution in [0.5, 0.6) is 0 Å². The highest BCUT2D eigenvalue weighted by Crippen LogP contribution is 2.71. The standard InChI is InChI=1S/C30H36N6O3S/c1-5-12-32-28(38)26-23(16-31)30(26)36(6-2)29(39)25-22(27(25)40-30)17-33-20-8-7-9-21(15-20)34(4)24(37)18-35-13-10-19(3)11-14-35/h1,7-9,15,17,19,23,25-27,33H,6,10-14,18H2,2-4H3,(H,32,38)/b22-17+. The molecule has 0 bridgehead atoms. The number of nitriles is 1. The first-order valence-corrected chi connectivity index (χ1v) is 14.8. The van der Waals surface area contributed by atoms with Crippen molar-refractivity contribution in [2.75, 3.05) is 50.0 Å². The van der Waals surface area contributed by atoms with Gasteiger partial charge in [0.1, 0.15) is 4.87 Å². The Labute approximate surface area is 240 Å². The van der Waals surface area contributed by atoms with E-state index in [4.69, 9.17) is 6.42 Å². The molecule has 2 aliphatic carbocycles. The van der Waals surface area contributed by atoms with Crippen molar-refractivity contribution < 1.29 is 14.4 Å². The number of nitrogens with one attached hydrogen (secondary N) is 2. The highest BCUT2D eigenvalue weighted by atomic mass is 32.2. The summed E-state index contributed by atoms with van der Waals surface area (Å²) in [6.45, 7) is 6.97. The van der Waals surface area contributed by atoms with E-state index in [-0.39, 0.29) is 35.4 Å². The number of likely N-dealkylation sites (tertiary alicyclic amines) is 1. The molecule has 2 N–H and O–H groups in total. The van der Waals surface area contributed by atoms with Crippen LogP contribution in [0, 0.1) is 47.3 Å². The number of benzene rings is 1. The van der Waals surface area contributed by atoms with E-state index in [2.05, 4.69) is 34.4 Å².